The third-order valence-electron chi connectivity index (χ3n) is 2.69. The number of anilines is 1. The lowest BCUT2D eigenvalue weighted by Gasteiger charge is -2.10. The SMILES string of the molecule is Cc1[nH]ncc1C(=O)Nc1cc(Cl)ccc1C(N)=NO. The van der Waals surface area contributed by atoms with E-state index in [2.05, 4.69) is 20.7 Å². The summed E-state index contributed by atoms with van der Waals surface area (Å²) >= 11 is 5.89. The van der Waals surface area contributed by atoms with Crippen LogP contribution in [0.1, 0.15) is 21.6 Å². The van der Waals surface area contributed by atoms with E-state index in [0.29, 0.717) is 27.5 Å². The van der Waals surface area contributed by atoms with Crippen molar-refractivity contribution in [3.8, 4) is 0 Å². The molecule has 2 rings (SSSR count). The van der Waals surface area contributed by atoms with Crippen molar-refractivity contribution in [1.82, 2.24) is 10.2 Å². The van der Waals surface area contributed by atoms with Crippen molar-refractivity contribution in [2.24, 2.45) is 10.9 Å². The van der Waals surface area contributed by atoms with Crippen LogP contribution in [0.4, 0.5) is 5.69 Å². The molecule has 1 heterocycles. The minimum Gasteiger partial charge on any atom is -0.409 e. The van der Waals surface area contributed by atoms with E-state index in [9.17, 15) is 4.79 Å². The van der Waals surface area contributed by atoms with Crippen LogP contribution in [-0.4, -0.2) is 27.1 Å². The highest BCUT2D eigenvalue weighted by Crippen LogP contribution is 2.22. The van der Waals surface area contributed by atoms with Crippen LogP contribution < -0.4 is 11.1 Å². The zero-order valence-corrected chi connectivity index (χ0v) is 11.3. The Morgan fingerprint density at radius 3 is 2.85 bits per heavy atom. The average Bonchev–Trinajstić information content (AvgIpc) is 2.84. The van der Waals surface area contributed by atoms with Gasteiger partial charge < -0.3 is 16.3 Å². The van der Waals surface area contributed by atoms with Crippen molar-refractivity contribution in [1.29, 1.82) is 0 Å². The van der Waals surface area contributed by atoms with Gasteiger partial charge in [0.1, 0.15) is 0 Å². The van der Waals surface area contributed by atoms with E-state index in [1.807, 2.05) is 0 Å². The van der Waals surface area contributed by atoms with Gasteiger partial charge >= 0.3 is 0 Å². The number of halogens is 1. The number of benzene rings is 1. The van der Waals surface area contributed by atoms with Crippen LogP contribution in [0.2, 0.25) is 5.02 Å². The maximum Gasteiger partial charge on any atom is 0.259 e. The largest absolute Gasteiger partial charge is 0.409 e. The second-order valence-corrected chi connectivity index (χ2v) is 4.47. The highest BCUT2D eigenvalue weighted by atomic mass is 35.5. The van der Waals surface area contributed by atoms with Crippen LogP contribution in [0.5, 0.6) is 0 Å². The van der Waals surface area contributed by atoms with Crippen molar-refractivity contribution in [3.63, 3.8) is 0 Å². The van der Waals surface area contributed by atoms with Crippen LogP contribution in [0, 0.1) is 6.92 Å². The molecule has 0 aliphatic heterocycles. The van der Waals surface area contributed by atoms with Crippen molar-refractivity contribution in [3.05, 3.63) is 46.2 Å². The van der Waals surface area contributed by atoms with Gasteiger partial charge in [-0.3, -0.25) is 9.89 Å². The number of hydrogen-bond acceptors (Lipinski definition) is 4. The van der Waals surface area contributed by atoms with Gasteiger partial charge in [-0.15, -0.1) is 0 Å². The monoisotopic (exact) mass is 293 g/mol. The molecule has 0 radical (unpaired) electrons. The summed E-state index contributed by atoms with van der Waals surface area (Å²) in [7, 11) is 0. The van der Waals surface area contributed by atoms with Gasteiger partial charge in [0, 0.05) is 16.3 Å². The number of H-pyrrole nitrogens is 1. The number of aromatic amines is 1. The Morgan fingerprint density at radius 1 is 1.50 bits per heavy atom. The zero-order chi connectivity index (χ0) is 14.7. The summed E-state index contributed by atoms with van der Waals surface area (Å²) in [6, 6.07) is 4.64. The van der Waals surface area contributed by atoms with Crippen LogP contribution >= 0.6 is 11.6 Å². The van der Waals surface area contributed by atoms with Gasteiger partial charge in [0.25, 0.3) is 5.91 Å². The maximum atomic E-state index is 12.1. The molecule has 8 heteroatoms. The Labute approximate surface area is 119 Å². The maximum absolute atomic E-state index is 12.1. The molecule has 0 saturated heterocycles. The zero-order valence-electron chi connectivity index (χ0n) is 10.5. The number of nitrogens with one attached hydrogen (secondary N) is 2. The molecule has 0 aliphatic carbocycles. The molecule has 5 N–H and O–H groups in total. The molecule has 1 aromatic heterocycles. The number of carbonyl (C=O) groups excluding carboxylic acids is 1. The average molecular weight is 294 g/mol. The Hall–Kier alpha value is -2.54. The van der Waals surface area contributed by atoms with Gasteiger partial charge in [-0.2, -0.15) is 5.10 Å². The highest BCUT2D eigenvalue weighted by molar-refractivity contribution is 6.31. The second-order valence-electron chi connectivity index (χ2n) is 4.04. The number of carbonyl (C=O) groups is 1. The van der Waals surface area contributed by atoms with E-state index >= 15 is 0 Å². The number of aryl methyl sites for hydroxylation is 1. The Kier molecular flexibility index (Phi) is 3.90. The van der Waals surface area contributed by atoms with Gasteiger partial charge in [-0.05, 0) is 25.1 Å². The lowest BCUT2D eigenvalue weighted by Crippen LogP contribution is -2.19. The smallest absolute Gasteiger partial charge is 0.259 e. The molecule has 104 valence electrons. The molecule has 2 aromatic rings. The van der Waals surface area contributed by atoms with Gasteiger partial charge in [-0.25, -0.2) is 0 Å². The summed E-state index contributed by atoms with van der Waals surface area (Å²) in [5.74, 6) is -0.494. The molecule has 20 heavy (non-hydrogen) atoms. The summed E-state index contributed by atoms with van der Waals surface area (Å²) in [6.45, 7) is 1.73. The van der Waals surface area contributed by atoms with Crippen molar-refractivity contribution >= 4 is 29.0 Å². The molecule has 1 amide bonds. The van der Waals surface area contributed by atoms with Gasteiger partial charge in [-0.1, -0.05) is 16.8 Å². The van der Waals surface area contributed by atoms with Crippen LogP contribution in [0.15, 0.2) is 29.6 Å². The van der Waals surface area contributed by atoms with E-state index in [-0.39, 0.29) is 11.7 Å². The molecule has 0 spiro atoms. The minimum atomic E-state index is -0.370. The van der Waals surface area contributed by atoms with Gasteiger partial charge in [0.05, 0.1) is 17.4 Å². The van der Waals surface area contributed by atoms with E-state index < -0.39 is 0 Å². The highest BCUT2D eigenvalue weighted by Gasteiger charge is 2.15. The lowest BCUT2D eigenvalue weighted by molar-refractivity contribution is 0.102. The molecule has 0 saturated carbocycles. The molecular formula is C12H12ClN5O2. The third-order valence-corrected chi connectivity index (χ3v) is 2.92. The molecular weight excluding hydrogens is 282 g/mol. The predicted molar refractivity (Wildman–Crippen MR) is 75.2 cm³/mol. The van der Waals surface area contributed by atoms with Crippen molar-refractivity contribution in [2.75, 3.05) is 5.32 Å². The quantitative estimate of drug-likeness (QED) is 0.298. The first-order valence-corrected chi connectivity index (χ1v) is 5.99. The molecule has 0 atom stereocenters. The summed E-state index contributed by atoms with van der Waals surface area (Å²) < 4.78 is 0. The normalized spacial score (nSPS) is 11.4. The van der Waals surface area contributed by atoms with Gasteiger partial charge in [0.2, 0.25) is 0 Å². The van der Waals surface area contributed by atoms with Gasteiger partial charge in [0.15, 0.2) is 5.84 Å². The molecule has 1 aromatic carbocycles. The molecule has 0 aliphatic rings. The first-order valence-electron chi connectivity index (χ1n) is 5.61. The number of nitrogens with two attached hydrogens (primary N) is 1. The van der Waals surface area contributed by atoms with Crippen molar-refractivity contribution in [2.45, 2.75) is 6.92 Å². The summed E-state index contributed by atoms with van der Waals surface area (Å²) in [5, 5.41) is 21.2. The third kappa shape index (κ3) is 2.72. The standard InChI is InChI=1S/C12H12ClN5O2/c1-6-9(5-15-17-6)12(19)16-10-4-7(13)2-3-8(10)11(14)18-20/h2-5,20H,1H3,(H2,14,18)(H,15,17)(H,16,19). The molecule has 7 nitrogen and oxygen atoms in total. The minimum absolute atomic E-state index is 0.124. The number of oxime groups is 1. The van der Waals surface area contributed by atoms with E-state index in [4.69, 9.17) is 22.5 Å². The second kappa shape index (κ2) is 5.62. The first kappa shape index (κ1) is 13.9. The Morgan fingerprint density at radius 2 is 2.25 bits per heavy atom. The fourth-order valence-electron chi connectivity index (χ4n) is 1.67. The number of aromatic nitrogens is 2. The lowest BCUT2D eigenvalue weighted by atomic mass is 10.1. The number of amidine groups is 1. The molecule has 0 unspecified atom stereocenters. The number of rotatable bonds is 3. The number of nitrogens with zero attached hydrogens (tertiary/aromatic N) is 2. The first-order chi connectivity index (χ1) is 9.52. The van der Waals surface area contributed by atoms with E-state index in [0.717, 1.165) is 0 Å². The van der Waals surface area contributed by atoms with Crippen LogP contribution in [0.3, 0.4) is 0 Å². The van der Waals surface area contributed by atoms with E-state index in [1.54, 1.807) is 19.1 Å². The van der Waals surface area contributed by atoms with Crippen LogP contribution in [-0.2, 0) is 0 Å². The number of amides is 1. The summed E-state index contributed by atoms with van der Waals surface area (Å²) in [5.41, 5.74) is 7.30. The fraction of sp³-hybridized carbons (Fsp3) is 0.0833. The number of hydrogen-bond donors (Lipinski definition) is 4. The Bertz CT molecular complexity index is 680. The van der Waals surface area contributed by atoms with E-state index in [1.165, 1.54) is 12.3 Å². The predicted octanol–water partition coefficient (Wildman–Crippen LogP) is 1.72. The van der Waals surface area contributed by atoms with Crippen LogP contribution in [0.25, 0.3) is 0 Å². The molecule has 0 bridgehead atoms. The topological polar surface area (TPSA) is 116 Å². The Balaban J connectivity index is 2.36. The summed E-state index contributed by atoms with van der Waals surface area (Å²) in [6.07, 6.45) is 1.42. The van der Waals surface area contributed by atoms with Crippen molar-refractivity contribution < 1.29 is 10.0 Å². The fourth-order valence-corrected chi connectivity index (χ4v) is 1.84. The molecule has 0 fully saturated rings. The summed E-state index contributed by atoms with van der Waals surface area (Å²) in [4.78, 5) is 12.1.